The monoisotopic (exact) mass is 777 g/mol. The Kier molecular flexibility index (Phi) is 14.1. The second-order valence-electron chi connectivity index (χ2n) is 9.00. The van der Waals surface area contributed by atoms with Crippen LogP contribution in [0.4, 0.5) is 40.6 Å². The van der Waals surface area contributed by atoms with E-state index in [1.807, 2.05) is 121 Å². The average molecular weight is 776 g/mol. The summed E-state index contributed by atoms with van der Waals surface area (Å²) in [6, 6.07) is 48.6. The molecule has 0 unspecified atom stereocenters. The van der Waals surface area contributed by atoms with Crippen LogP contribution in [0.25, 0.3) is 4.85 Å². The van der Waals surface area contributed by atoms with E-state index < -0.39 is 0 Å². The average Bonchev–Trinajstić information content (AvgIpc) is 3.10. The smallest absolute Gasteiger partial charge is 0.325 e. The van der Waals surface area contributed by atoms with Crippen molar-refractivity contribution in [2.24, 2.45) is 0 Å². The van der Waals surface area contributed by atoms with Gasteiger partial charge < -0.3 is 16.0 Å². The van der Waals surface area contributed by atoms with Crippen molar-refractivity contribution in [1.82, 2.24) is 15.0 Å². The van der Waals surface area contributed by atoms with Gasteiger partial charge in [0.25, 0.3) is 0 Å². The fourth-order valence-electron chi connectivity index (χ4n) is 3.64. The first-order chi connectivity index (χ1) is 22.1. The van der Waals surface area contributed by atoms with Gasteiger partial charge in [-0.3, -0.25) is 0 Å². The normalized spacial score (nSPS) is 9.59. The van der Waals surface area contributed by atoms with Crippen molar-refractivity contribution >= 4 is 40.6 Å². The fraction of sp³-hybridized carbons (Fsp3) is 0. The molecular formula is C36H27N9Os+. The number of pyridine rings is 3. The van der Waals surface area contributed by atoms with E-state index in [2.05, 4.69) is 35.7 Å². The Balaban J connectivity index is 0.000000191. The molecule has 0 atom stereocenters. The minimum atomic E-state index is 0. The van der Waals surface area contributed by atoms with Crippen LogP contribution in [0.1, 0.15) is 11.1 Å². The number of anilines is 6. The van der Waals surface area contributed by atoms with Gasteiger partial charge >= 0.3 is 19.8 Å². The molecule has 4 heterocycles. The number of fused-ring (bicyclic) bond motifs is 6. The summed E-state index contributed by atoms with van der Waals surface area (Å²) in [5, 5.41) is 26.1. The first-order valence-corrected chi connectivity index (χ1v) is 13.7. The van der Waals surface area contributed by atoms with Crippen LogP contribution < -0.4 is 16.0 Å². The summed E-state index contributed by atoms with van der Waals surface area (Å²) in [5.74, 6) is 4.34. The number of para-hydroxylation sites is 1. The molecule has 6 aromatic rings. The topological polar surface area (TPSA) is 127 Å². The van der Waals surface area contributed by atoms with Crippen molar-refractivity contribution < 1.29 is 19.8 Å². The molecule has 0 spiro atoms. The van der Waals surface area contributed by atoms with E-state index in [1.54, 1.807) is 36.4 Å². The van der Waals surface area contributed by atoms with Crippen molar-refractivity contribution in [3.05, 3.63) is 168 Å². The van der Waals surface area contributed by atoms with Gasteiger partial charge in [-0.25, -0.2) is 19.8 Å². The minimum Gasteiger partial charge on any atom is -0.325 e. The summed E-state index contributed by atoms with van der Waals surface area (Å²) >= 11 is 0. The standard InChI is InChI=1S/C15H12N6.3C7H5N.Os/c1-4-10-16-11(5-1)20-13-7-3-9-15(18-13)21-14-8-2-6-12(17-14)19-10;1-8-7-5-3-2-4-6-7;2*8-6-7-4-2-1-3-5-7;/h1-9H,(H3,16,17,18,19,20,21);2-6H;2*1-5H;/q;;;;+1. The maximum absolute atomic E-state index is 8.29. The SMILES string of the molecule is N#Cc1ccccc1.N#Cc1ccccc1.[C-]#[N+]c1ccccc1.[Os+].c1cc2nc(c1)Nc1cccc(n1)Nc1cccc(n1)N2. The van der Waals surface area contributed by atoms with Crippen molar-refractivity contribution in [3.63, 3.8) is 0 Å². The summed E-state index contributed by atoms with van der Waals surface area (Å²) in [6.45, 7) is 6.57. The molecule has 1 aliphatic heterocycles. The van der Waals surface area contributed by atoms with Crippen LogP contribution in [-0.4, -0.2) is 15.0 Å². The van der Waals surface area contributed by atoms with E-state index in [-0.39, 0.29) is 19.8 Å². The molecule has 0 aliphatic carbocycles. The van der Waals surface area contributed by atoms with Crippen LogP contribution in [-0.2, 0) is 19.8 Å². The third-order valence-corrected chi connectivity index (χ3v) is 5.71. The molecule has 0 saturated carbocycles. The number of benzene rings is 3. The van der Waals surface area contributed by atoms with Crippen LogP contribution in [0.3, 0.4) is 0 Å². The molecule has 3 aromatic carbocycles. The van der Waals surface area contributed by atoms with Crippen molar-refractivity contribution in [2.75, 3.05) is 16.0 Å². The number of nitrogens with zero attached hydrogens (tertiary/aromatic N) is 6. The Labute approximate surface area is 281 Å². The van der Waals surface area contributed by atoms with Crippen LogP contribution in [0.15, 0.2) is 146 Å². The van der Waals surface area contributed by atoms with Crippen LogP contribution in [0.2, 0.25) is 0 Å². The maximum atomic E-state index is 8.29. The van der Waals surface area contributed by atoms with Gasteiger partial charge in [-0.15, -0.1) is 0 Å². The molecule has 3 aromatic heterocycles. The Morgan fingerprint density at radius 1 is 0.435 bits per heavy atom. The summed E-state index contributed by atoms with van der Waals surface area (Å²) < 4.78 is 0. The predicted octanol–water partition coefficient (Wildman–Crippen LogP) is 8.77. The van der Waals surface area contributed by atoms with Crippen molar-refractivity contribution in [1.29, 1.82) is 10.5 Å². The second kappa shape index (κ2) is 19.0. The number of nitriles is 2. The summed E-state index contributed by atoms with van der Waals surface area (Å²) in [4.78, 5) is 16.7. The number of hydrogen-bond acceptors (Lipinski definition) is 8. The molecule has 9 nitrogen and oxygen atoms in total. The predicted molar refractivity (Wildman–Crippen MR) is 178 cm³/mol. The van der Waals surface area contributed by atoms with Gasteiger partial charge in [0.05, 0.1) is 29.8 Å². The number of nitrogens with one attached hydrogen (secondary N) is 3. The van der Waals surface area contributed by atoms with E-state index in [1.165, 1.54) is 0 Å². The summed E-state index contributed by atoms with van der Waals surface area (Å²) in [7, 11) is 0. The molecular weight excluding hydrogens is 749 g/mol. The summed E-state index contributed by atoms with van der Waals surface area (Å²) in [6.07, 6.45) is 0. The third kappa shape index (κ3) is 11.7. The molecule has 1 aliphatic rings. The van der Waals surface area contributed by atoms with Gasteiger partial charge in [0.15, 0.2) is 5.69 Å². The van der Waals surface area contributed by atoms with E-state index >= 15 is 0 Å². The molecule has 0 saturated heterocycles. The quantitative estimate of drug-likeness (QED) is 0.131. The van der Waals surface area contributed by atoms with Crippen LogP contribution >= 0.6 is 0 Å². The van der Waals surface area contributed by atoms with E-state index in [9.17, 15) is 0 Å². The minimum absolute atomic E-state index is 0. The van der Waals surface area contributed by atoms with Gasteiger partial charge in [-0.1, -0.05) is 84.9 Å². The second-order valence-corrected chi connectivity index (χ2v) is 9.00. The molecule has 0 amide bonds. The molecule has 0 fully saturated rings. The fourth-order valence-corrected chi connectivity index (χ4v) is 3.64. The molecule has 7 rings (SSSR count). The number of hydrogen-bond donors (Lipinski definition) is 3. The molecule has 3 N–H and O–H groups in total. The molecule has 10 heteroatoms. The molecule has 1 radical (unpaired) electrons. The van der Waals surface area contributed by atoms with Gasteiger partial charge in [0.2, 0.25) is 0 Å². The first kappa shape index (κ1) is 34.1. The zero-order valence-corrected chi connectivity index (χ0v) is 26.9. The third-order valence-electron chi connectivity index (χ3n) is 5.71. The Morgan fingerprint density at radius 3 is 0.935 bits per heavy atom. The Bertz CT molecular complexity index is 1640. The largest absolute Gasteiger partial charge is 1.00 e. The van der Waals surface area contributed by atoms with Gasteiger partial charge in [-0.05, 0) is 60.7 Å². The van der Waals surface area contributed by atoms with Gasteiger partial charge in [0, 0.05) is 0 Å². The maximum Gasteiger partial charge on any atom is 1.00 e. The van der Waals surface area contributed by atoms with Crippen LogP contribution in [0.5, 0.6) is 0 Å². The van der Waals surface area contributed by atoms with E-state index in [0.29, 0.717) is 16.8 Å². The number of rotatable bonds is 0. The Hall–Kier alpha value is -6.38. The molecule has 46 heavy (non-hydrogen) atoms. The van der Waals surface area contributed by atoms with E-state index in [4.69, 9.17) is 17.1 Å². The summed E-state index contributed by atoms with van der Waals surface area (Å²) in [5.41, 5.74) is 2.13. The Morgan fingerprint density at radius 2 is 0.717 bits per heavy atom. The van der Waals surface area contributed by atoms with Crippen molar-refractivity contribution in [2.45, 2.75) is 0 Å². The first-order valence-electron chi connectivity index (χ1n) is 13.7. The van der Waals surface area contributed by atoms with Gasteiger partial charge in [-0.2, -0.15) is 10.5 Å². The van der Waals surface area contributed by atoms with Crippen LogP contribution in [0, 0.1) is 29.2 Å². The zero-order valence-electron chi connectivity index (χ0n) is 24.4. The number of aromatic nitrogens is 3. The van der Waals surface area contributed by atoms with E-state index in [0.717, 1.165) is 34.9 Å². The van der Waals surface area contributed by atoms with Gasteiger partial charge in [0.1, 0.15) is 34.9 Å². The van der Waals surface area contributed by atoms with Crippen molar-refractivity contribution in [3.8, 4) is 12.1 Å². The molecule has 223 valence electrons. The zero-order chi connectivity index (χ0) is 31.5. The molecule has 6 bridgehead atoms.